The van der Waals surface area contributed by atoms with E-state index in [2.05, 4.69) is 64.3 Å². The van der Waals surface area contributed by atoms with Crippen molar-refractivity contribution in [1.29, 1.82) is 0 Å². The summed E-state index contributed by atoms with van der Waals surface area (Å²) >= 11 is 3.45. The van der Waals surface area contributed by atoms with Gasteiger partial charge in [-0.25, -0.2) is 4.98 Å². The van der Waals surface area contributed by atoms with Crippen LogP contribution in [0.15, 0.2) is 16.3 Å². The summed E-state index contributed by atoms with van der Waals surface area (Å²) in [6, 6.07) is 0. The van der Waals surface area contributed by atoms with E-state index in [-0.39, 0.29) is 0 Å². The molecule has 2 N–H and O–H groups in total. The van der Waals surface area contributed by atoms with Crippen molar-refractivity contribution in [3.63, 3.8) is 0 Å². The summed E-state index contributed by atoms with van der Waals surface area (Å²) in [6.45, 7) is 12.1. The normalized spacial score (nSPS) is 12.0. The van der Waals surface area contributed by atoms with Crippen molar-refractivity contribution in [2.75, 3.05) is 25.9 Å². The summed E-state index contributed by atoms with van der Waals surface area (Å²) < 4.78 is 2.25. The standard InChI is InChI=1S/C20H35N7S2/c1-6-16-13-24-18(29-16)10-12-23-19(21-7-2)22-11-8-9-17-25-26-20(28-5)27(17)14-15(3)4/h13,15H,6-12,14H2,1-5H3,(H2,21,22,23). The van der Waals surface area contributed by atoms with Gasteiger partial charge < -0.3 is 15.2 Å². The first kappa shape index (κ1) is 23.7. The Morgan fingerprint density at radius 1 is 1.24 bits per heavy atom. The lowest BCUT2D eigenvalue weighted by Gasteiger charge is -2.12. The smallest absolute Gasteiger partial charge is 0.191 e. The van der Waals surface area contributed by atoms with Crippen molar-refractivity contribution in [3.05, 3.63) is 21.9 Å². The first-order valence-electron chi connectivity index (χ1n) is 10.5. The lowest BCUT2D eigenvalue weighted by molar-refractivity contribution is 0.477. The van der Waals surface area contributed by atoms with Gasteiger partial charge in [0.2, 0.25) is 0 Å². The molecular weight excluding hydrogens is 402 g/mol. The summed E-state index contributed by atoms with van der Waals surface area (Å²) in [7, 11) is 0. The van der Waals surface area contributed by atoms with Gasteiger partial charge in [0.05, 0.1) is 5.01 Å². The van der Waals surface area contributed by atoms with Crippen molar-refractivity contribution in [2.24, 2.45) is 10.9 Å². The lowest BCUT2D eigenvalue weighted by atomic mass is 10.2. The Kier molecular flexibility index (Phi) is 10.5. The second kappa shape index (κ2) is 12.8. The Bertz CT molecular complexity index is 752. The van der Waals surface area contributed by atoms with Gasteiger partial charge in [0, 0.05) is 50.1 Å². The van der Waals surface area contributed by atoms with E-state index < -0.39 is 0 Å². The lowest BCUT2D eigenvalue weighted by Crippen LogP contribution is -2.38. The van der Waals surface area contributed by atoms with Crippen LogP contribution in [-0.4, -0.2) is 51.6 Å². The Hall–Kier alpha value is -1.61. The van der Waals surface area contributed by atoms with Crippen LogP contribution in [0.1, 0.15) is 49.8 Å². The zero-order valence-electron chi connectivity index (χ0n) is 18.4. The Morgan fingerprint density at radius 2 is 2.07 bits per heavy atom. The largest absolute Gasteiger partial charge is 0.357 e. The van der Waals surface area contributed by atoms with Crippen LogP contribution in [0.25, 0.3) is 0 Å². The van der Waals surface area contributed by atoms with Gasteiger partial charge in [-0.05, 0) is 31.9 Å². The number of guanidine groups is 1. The predicted molar refractivity (Wildman–Crippen MR) is 124 cm³/mol. The molecule has 2 rings (SSSR count). The summed E-state index contributed by atoms with van der Waals surface area (Å²) in [4.78, 5) is 10.5. The van der Waals surface area contributed by atoms with Crippen molar-refractivity contribution in [3.8, 4) is 0 Å². The first-order valence-corrected chi connectivity index (χ1v) is 12.5. The molecule has 0 unspecified atom stereocenters. The fourth-order valence-corrected chi connectivity index (χ4v) is 4.27. The maximum Gasteiger partial charge on any atom is 0.191 e. The van der Waals surface area contributed by atoms with Crippen molar-refractivity contribution in [1.82, 2.24) is 30.4 Å². The van der Waals surface area contributed by atoms with E-state index in [9.17, 15) is 0 Å². The number of thioether (sulfide) groups is 1. The molecule has 2 heterocycles. The molecule has 0 radical (unpaired) electrons. The molecule has 0 fully saturated rings. The maximum atomic E-state index is 4.71. The van der Waals surface area contributed by atoms with E-state index in [1.165, 1.54) is 9.88 Å². The molecule has 2 aromatic rings. The van der Waals surface area contributed by atoms with Gasteiger partial charge in [0.1, 0.15) is 5.82 Å². The van der Waals surface area contributed by atoms with Crippen LogP contribution in [0.5, 0.6) is 0 Å². The molecule has 29 heavy (non-hydrogen) atoms. The zero-order chi connectivity index (χ0) is 21.1. The van der Waals surface area contributed by atoms with Gasteiger partial charge in [0.25, 0.3) is 0 Å². The van der Waals surface area contributed by atoms with Crippen molar-refractivity contribution < 1.29 is 0 Å². The number of rotatable bonds is 12. The molecule has 0 atom stereocenters. The highest BCUT2D eigenvalue weighted by Crippen LogP contribution is 2.17. The minimum absolute atomic E-state index is 0.574. The fourth-order valence-electron chi connectivity index (χ4n) is 2.89. The van der Waals surface area contributed by atoms with E-state index in [1.807, 2.05) is 6.20 Å². The monoisotopic (exact) mass is 437 g/mol. The topological polar surface area (TPSA) is 80.0 Å². The van der Waals surface area contributed by atoms with Crippen LogP contribution in [0.2, 0.25) is 0 Å². The summed E-state index contributed by atoms with van der Waals surface area (Å²) in [5.41, 5.74) is 0. The molecule has 2 aromatic heterocycles. The van der Waals surface area contributed by atoms with E-state index in [0.717, 1.165) is 68.8 Å². The van der Waals surface area contributed by atoms with Crippen molar-refractivity contribution >= 4 is 29.1 Å². The van der Waals surface area contributed by atoms with Gasteiger partial charge in [-0.1, -0.05) is 32.5 Å². The molecule has 0 aliphatic heterocycles. The molecule has 0 spiro atoms. The second-order valence-electron chi connectivity index (χ2n) is 7.22. The van der Waals surface area contributed by atoms with Gasteiger partial charge in [-0.2, -0.15) is 0 Å². The predicted octanol–water partition coefficient (Wildman–Crippen LogP) is 3.41. The van der Waals surface area contributed by atoms with E-state index in [0.29, 0.717) is 5.92 Å². The molecule has 0 bridgehead atoms. The number of thiazole rings is 1. The third-order valence-corrected chi connectivity index (χ3v) is 6.15. The highest BCUT2D eigenvalue weighted by molar-refractivity contribution is 7.98. The number of aryl methyl sites for hydroxylation is 2. The molecular formula is C20H35N7S2. The van der Waals surface area contributed by atoms with E-state index in [1.54, 1.807) is 23.1 Å². The molecule has 162 valence electrons. The highest BCUT2D eigenvalue weighted by Gasteiger charge is 2.12. The van der Waals surface area contributed by atoms with Gasteiger partial charge in [0.15, 0.2) is 11.1 Å². The first-order chi connectivity index (χ1) is 14.1. The number of nitrogens with one attached hydrogen (secondary N) is 2. The number of aliphatic imine (C=N–C) groups is 1. The summed E-state index contributed by atoms with van der Waals surface area (Å²) in [5, 5.41) is 17.6. The van der Waals surface area contributed by atoms with E-state index >= 15 is 0 Å². The van der Waals surface area contributed by atoms with Crippen LogP contribution in [0.4, 0.5) is 0 Å². The zero-order valence-corrected chi connectivity index (χ0v) is 20.0. The number of aromatic nitrogens is 4. The average molecular weight is 438 g/mol. The number of nitrogens with zero attached hydrogens (tertiary/aromatic N) is 5. The minimum atomic E-state index is 0.574. The third-order valence-electron chi connectivity index (χ3n) is 4.28. The number of hydrogen-bond donors (Lipinski definition) is 2. The third kappa shape index (κ3) is 7.97. The summed E-state index contributed by atoms with van der Waals surface area (Å²) in [5.74, 6) is 2.50. The average Bonchev–Trinajstić information content (AvgIpc) is 3.31. The van der Waals surface area contributed by atoms with Gasteiger partial charge >= 0.3 is 0 Å². The fraction of sp³-hybridized carbons (Fsp3) is 0.700. The highest BCUT2D eigenvalue weighted by atomic mass is 32.2. The minimum Gasteiger partial charge on any atom is -0.357 e. The van der Waals surface area contributed by atoms with Crippen LogP contribution in [-0.2, 0) is 25.8 Å². The van der Waals surface area contributed by atoms with Gasteiger partial charge in [-0.15, -0.1) is 21.5 Å². The van der Waals surface area contributed by atoms with Gasteiger partial charge in [-0.3, -0.25) is 4.99 Å². The molecule has 0 aromatic carbocycles. The molecule has 0 amide bonds. The van der Waals surface area contributed by atoms with Crippen LogP contribution < -0.4 is 10.6 Å². The molecule has 0 saturated heterocycles. The second-order valence-corrected chi connectivity index (χ2v) is 9.20. The Morgan fingerprint density at radius 3 is 2.72 bits per heavy atom. The molecule has 0 aliphatic carbocycles. The number of hydrogen-bond acceptors (Lipinski definition) is 6. The molecule has 0 saturated carbocycles. The van der Waals surface area contributed by atoms with E-state index in [4.69, 9.17) is 4.99 Å². The summed E-state index contributed by atoms with van der Waals surface area (Å²) in [6.07, 6.45) is 7.86. The molecule has 0 aliphatic rings. The Balaban J connectivity index is 1.81. The maximum absolute atomic E-state index is 4.71. The Labute approximate surface area is 183 Å². The molecule has 7 nitrogen and oxygen atoms in total. The van der Waals surface area contributed by atoms with Crippen LogP contribution in [0.3, 0.4) is 0 Å². The SMILES string of the molecule is CCNC(=NCCCc1nnc(SC)n1CC(C)C)NCCc1ncc(CC)s1. The van der Waals surface area contributed by atoms with Crippen LogP contribution >= 0.6 is 23.1 Å². The quantitative estimate of drug-likeness (QED) is 0.229. The van der Waals surface area contributed by atoms with Crippen LogP contribution in [0, 0.1) is 5.92 Å². The van der Waals surface area contributed by atoms with Crippen molar-refractivity contribution in [2.45, 2.75) is 65.1 Å². The molecule has 9 heteroatoms.